The summed E-state index contributed by atoms with van der Waals surface area (Å²) in [6, 6.07) is 4.61. The third-order valence-corrected chi connectivity index (χ3v) is 6.15. The first-order valence-electron chi connectivity index (χ1n) is 11.0. The molecule has 2 saturated heterocycles. The summed E-state index contributed by atoms with van der Waals surface area (Å²) in [4.78, 5) is 42.1. The van der Waals surface area contributed by atoms with Gasteiger partial charge in [0.1, 0.15) is 11.9 Å². The van der Waals surface area contributed by atoms with E-state index in [9.17, 15) is 18.8 Å². The lowest BCUT2D eigenvalue weighted by atomic mass is 9.93. The van der Waals surface area contributed by atoms with Crippen molar-refractivity contribution in [2.24, 2.45) is 11.8 Å². The zero-order valence-corrected chi connectivity index (χ0v) is 17.9. The maximum Gasteiger partial charge on any atom is 0.251 e. The quantitative estimate of drug-likeness (QED) is 0.801. The molecule has 0 bridgehead atoms. The molecule has 6 nitrogen and oxygen atoms in total. The first-order chi connectivity index (χ1) is 14.4. The van der Waals surface area contributed by atoms with Gasteiger partial charge in [0, 0.05) is 37.7 Å². The van der Waals surface area contributed by atoms with Crippen LogP contribution in [-0.2, 0) is 9.59 Å². The summed E-state index contributed by atoms with van der Waals surface area (Å²) >= 11 is 0. The third-order valence-electron chi connectivity index (χ3n) is 6.15. The summed E-state index contributed by atoms with van der Waals surface area (Å²) in [5.41, 5.74) is 0.320. The van der Waals surface area contributed by atoms with Gasteiger partial charge in [0.2, 0.25) is 11.8 Å². The Morgan fingerprint density at radius 1 is 0.933 bits per heavy atom. The largest absolute Gasteiger partial charge is 0.342 e. The highest BCUT2D eigenvalue weighted by Crippen LogP contribution is 2.23. The molecule has 164 valence electrons. The van der Waals surface area contributed by atoms with Crippen LogP contribution in [0.3, 0.4) is 0 Å². The maximum atomic E-state index is 13.1. The number of amides is 3. The standard InChI is InChI=1S/C23H32FN3O3/c1-16(2)20(25-21(28)17-6-8-19(24)9-7-17)23(30)27-14-10-18(11-15-27)22(29)26-12-4-3-5-13-26/h6-9,16,18,20H,3-5,10-15H2,1-2H3,(H,25,28). The minimum Gasteiger partial charge on any atom is -0.342 e. The lowest BCUT2D eigenvalue weighted by Gasteiger charge is -2.37. The Morgan fingerprint density at radius 2 is 1.53 bits per heavy atom. The van der Waals surface area contributed by atoms with Gasteiger partial charge in [-0.05, 0) is 62.3 Å². The number of halogens is 1. The lowest BCUT2D eigenvalue weighted by molar-refractivity contribution is -0.142. The van der Waals surface area contributed by atoms with Gasteiger partial charge in [-0.15, -0.1) is 0 Å². The van der Waals surface area contributed by atoms with Crippen molar-refractivity contribution in [2.75, 3.05) is 26.2 Å². The highest BCUT2D eigenvalue weighted by atomic mass is 19.1. The van der Waals surface area contributed by atoms with Crippen molar-refractivity contribution >= 4 is 17.7 Å². The first-order valence-corrected chi connectivity index (χ1v) is 11.0. The third kappa shape index (κ3) is 5.37. The normalized spacial score (nSPS) is 18.9. The fourth-order valence-electron chi connectivity index (χ4n) is 4.26. The van der Waals surface area contributed by atoms with E-state index in [1.807, 2.05) is 18.7 Å². The smallest absolute Gasteiger partial charge is 0.251 e. The van der Waals surface area contributed by atoms with Gasteiger partial charge in [-0.2, -0.15) is 0 Å². The summed E-state index contributed by atoms with van der Waals surface area (Å²) in [6.07, 6.45) is 4.67. The molecule has 0 radical (unpaired) electrons. The molecule has 0 aromatic heterocycles. The molecule has 2 fully saturated rings. The molecule has 2 heterocycles. The van der Waals surface area contributed by atoms with Gasteiger partial charge < -0.3 is 15.1 Å². The van der Waals surface area contributed by atoms with Crippen LogP contribution in [0.5, 0.6) is 0 Å². The van der Waals surface area contributed by atoms with E-state index in [1.165, 1.54) is 30.7 Å². The highest BCUT2D eigenvalue weighted by molar-refractivity contribution is 5.97. The van der Waals surface area contributed by atoms with Gasteiger partial charge in [0.05, 0.1) is 0 Å². The molecule has 3 rings (SSSR count). The molecule has 1 aromatic rings. The second-order valence-corrected chi connectivity index (χ2v) is 8.69. The van der Waals surface area contributed by atoms with Crippen LogP contribution in [0.4, 0.5) is 4.39 Å². The number of piperidine rings is 2. The molecule has 0 saturated carbocycles. The van der Waals surface area contributed by atoms with Crippen LogP contribution in [0.2, 0.25) is 0 Å². The van der Waals surface area contributed by atoms with Gasteiger partial charge in [-0.25, -0.2) is 4.39 Å². The maximum absolute atomic E-state index is 13.1. The van der Waals surface area contributed by atoms with Gasteiger partial charge in [-0.1, -0.05) is 13.8 Å². The molecular formula is C23H32FN3O3. The molecule has 0 aliphatic carbocycles. The summed E-state index contributed by atoms with van der Waals surface area (Å²) in [5.74, 6) is -0.800. The highest BCUT2D eigenvalue weighted by Gasteiger charge is 2.34. The number of likely N-dealkylation sites (tertiary alicyclic amines) is 2. The molecule has 0 spiro atoms. The minimum absolute atomic E-state index is 0.0153. The van der Waals surface area contributed by atoms with Crippen molar-refractivity contribution in [2.45, 2.75) is 52.0 Å². The first kappa shape index (κ1) is 22.2. The van der Waals surface area contributed by atoms with E-state index >= 15 is 0 Å². The predicted octanol–water partition coefficient (Wildman–Crippen LogP) is 2.83. The summed E-state index contributed by atoms with van der Waals surface area (Å²) in [6.45, 7) is 6.53. The minimum atomic E-state index is -0.656. The number of benzene rings is 1. The molecule has 2 aliphatic heterocycles. The van der Waals surface area contributed by atoms with Gasteiger partial charge in [0.25, 0.3) is 5.91 Å². The van der Waals surface area contributed by atoms with Crippen LogP contribution in [0, 0.1) is 17.7 Å². The van der Waals surface area contributed by atoms with Crippen LogP contribution in [0.1, 0.15) is 56.3 Å². The molecule has 30 heavy (non-hydrogen) atoms. The number of hydrogen-bond acceptors (Lipinski definition) is 3. The van der Waals surface area contributed by atoms with Crippen LogP contribution in [0.25, 0.3) is 0 Å². The van der Waals surface area contributed by atoms with Gasteiger partial charge >= 0.3 is 0 Å². The molecule has 1 atom stereocenters. The Hall–Kier alpha value is -2.44. The van der Waals surface area contributed by atoms with E-state index in [0.29, 0.717) is 31.5 Å². The van der Waals surface area contributed by atoms with Crippen LogP contribution in [0.15, 0.2) is 24.3 Å². The topological polar surface area (TPSA) is 69.7 Å². The van der Waals surface area contributed by atoms with Crippen molar-refractivity contribution < 1.29 is 18.8 Å². The summed E-state index contributed by atoms with van der Waals surface area (Å²) < 4.78 is 13.1. The SMILES string of the molecule is CC(C)C(NC(=O)c1ccc(F)cc1)C(=O)N1CCC(C(=O)N2CCCCC2)CC1. The number of hydrogen-bond donors (Lipinski definition) is 1. The van der Waals surface area contributed by atoms with Crippen molar-refractivity contribution in [3.63, 3.8) is 0 Å². The molecule has 3 amide bonds. The molecule has 1 N–H and O–H groups in total. The Balaban J connectivity index is 1.56. The van der Waals surface area contributed by atoms with E-state index in [1.54, 1.807) is 4.90 Å². The molecular weight excluding hydrogens is 385 g/mol. The number of carbonyl (C=O) groups excluding carboxylic acids is 3. The summed E-state index contributed by atoms with van der Waals surface area (Å²) in [5, 5.41) is 2.81. The van der Waals surface area contributed by atoms with E-state index in [2.05, 4.69) is 5.32 Å². The van der Waals surface area contributed by atoms with Crippen LogP contribution >= 0.6 is 0 Å². The second kappa shape index (κ2) is 10.0. The van der Waals surface area contributed by atoms with Crippen molar-refractivity contribution in [3.8, 4) is 0 Å². The van der Waals surface area contributed by atoms with Crippen LogP contribution < -0.4 is 5.32 Å². The average Bonchev–Trinajstić information content (AvgIpc) is 2.77. The second-order valence-electron chi connectivity index (χ2n) is 8.69. The van der Waals surface area contributed by atoms with Gasteiger partial charge in [-0.3, -0.25) is 14.4 Å². The molecule has 1 unspecified atom stereocenters. The number of nitrogens with one attached hydrogen (secondary N) is 1. The number of carbonyl (C=O) groups is 3. The summed E-state index contributed by atoms with van der Waals surface area (Å²) in [7, 11) is 0. The van der Waals surface area contributed by atoms with E-state index in [4.69, 9.17) is 0 Å². The van der Waals surface area contributed by atoms with Crippen molar-refractivity contribution in [1.29, 1.82) is 0 Å². The fraction of sp³-hybridized carbons (Fsp3) is 0.609. The Bertz CT molecular complexity index is 751. The van der Waals surface area contributed by atoms with E-state index in [-0.39, 0.29) is 23.7 Å². The zero-order valence-electron chi connectivity index (χ0n) is 17.9. The Labute approximate surface area is 177 Å². The van der Waals surface area contributed by atoms with E-state index in [0.717, 1.165) is 25.9 Å². The fourth-order valence-corrected chi connectivity index (χ4v) is 4.26. The Morgan fingerprint density at radius 3 is 2.10 bits per heavy atom. The lowest BCUT2D eigenvalue weighted by Crippen LogP contribution is -2.54. The number of rotatable bonds is 5. The zero-order chi connectivity index (χ0) is 21.7. The average molecular weight is 418 g/mol. The molecule has 2 aliphatic rings. The van der Waals surface area contributed by atoms with E-state index < -0.39 is 17.8 Å². The number of nitrogens with zero attached hydrogens (tertiary/aromatic N) is 2. The molecule has 7 heteroatoms. The van der Waals surface area contributed by atoms with Crippen molar-refractivity contribution in [3.05, 3.63) is 35.6 Å². The predicted molar refractivity (Wildman–Crippen MR) is 112 cm³/mol. The molecule has 1 aromatic carbocycles. The van der Waals surface area contributed by atoms with Crippen molar-refractivity contribution in [1.82, 2.24) is 15.1 Å². The van der Waals surface area contributed by atoms with Gasteiger partial charge in [0.15, 0.2) is 0 Å². The Kier molecular flexibility index (Phi) is 7.45. The monoisotopic (exact) mass is 417 g/mol. The van der Waals surface area contributed by atoms with Crippen LogP contribution in [-0.4, -0.2) is 59.7 Å².